The third-order valence-electron chi connectivity index (χ3n) is 1.80. The van der Waals surface area contributed by atoms with E-state index in [2.05, 4.69) is 25.6 Å². The van der Waals surface area contributed by atoms with Gasteiger partial charge in [-0.2, -0.15) is 4.37 Å². The second-order valence-electron chi connectivity index (χ2n) is 2.73. The maximum Gasteiger partial charge on any atom is 0.149 e. The van der Waals surface area contributed by atoms with Crippen LogP contribution in [0.2, 0.25) is 0 Å². The van der Waals surface area contributed by atoms with Crippen molar-refractivity contribution in [3.63, 3.8) is 0 Å². The van der Waals surface area contributed by atoms with Crippen LogP contribution in [0, 0.1) is 19.3 Å². The maximum atomic E-state index is 5.16. The van der Waals surface area contributed by atoms with Gasteiger partial charge in [0.25, 0.3) is 0 Å². The zero-order chi connectivity index (χ0) is 9.97. The van der Waals surface area contributed by atoms with Gasteiger partial charge in [-0.05, 0) is 18.5 Å². The number of hydrogen-bond acceptors (Lipinski definition) is 5. The van der Waals surface area contributed by atoms with Crippen LogP contribution in [0.3, 0.4) is 0 Å². The molecule has 2 aromatic heterocycles. The van der Waals surface area contributed by atoms with Crippen molar-refractivity contribution in [3.05, 3.63) is 12.0 Å². The molecule has 0 bridgehead atoms. The fraction of sp³-hybridized carbons (Fsp3) is 0.222. The van der Waals surface area contributed by atoms with Crippen molar-refractivity contribution in [1.82, 2.24) is 14.3 Å². The molecule has 0 aliphatic heterocycles. The predicted octanol–water partition coefficient (Wildman–Crippen LogP) is 1.44. The van der Waals surface area contributed by atoms with E-state index in [1.54, 1.807) is 0 Å². The highest BCUT2D eigenvalue weighted by Crippen LogP contribution is 2.25. The molecule has 0 aliphatic carbocycles. The average molecular weight is 204 g/mol. The Hall–Kier alpha value is -1.67. The summed E-state index contributed by atoms with van der Waals surface area (Å²) in [5.74, 6) is 3.27. The molecule has 2 rings (SSSR count). The van der Waals surface area contributed by atoms with Crippen LogP contribution in [-0.4, -0.2) is 20.9 Å². The van der Waals surface area contributed by atoms with E-state index in [0.29, 0.717) is 6.54 Å². The van der Waals surface area contributed by atoms with E-state index in [4.69, 9.17) is 6.42 Å². The van der Waals surface area contributed by atoms with E-state index in [-0.39, 0.29) is 0 Å². The molecule has 4 nitrogen and oxygen atoms in total. The van der Waals surface area contributed by atoms with Gasteiger partial charge >= 0.3 is 0 Å². The van der Waals surface area contributed by atoms with Gasteiger partial charge in [0.05, 0.1) is 17.6 Å². The first-order valence-corrected chi connectivity index (χ1v) is 4.84. The van der Waals surface area contributed by atoms with Gasteiger partial charge in [0.2, 0.25) is 0 Å². The van der Waals surface area contributed by atoms with Crippen LogP contribution in [0.4, 0.5) is 5.82 Å². The van der Waals surface area contributed by atoms with Gasteiger partial charge in [-0.3, -0.25) is 0 Å². The molecule has 0 amide bonds. The third kappa shape index (κ3) is 1.40. The van der Waals surface area contributed by atoms with Gasteiger partial charge in [-0.25, -0.2) is 9.97 Å². The van der Waals surface area contributed by atoms with Crippen molar-refractivity contribution < 1.29 is 0 Å². The molecular weight excluding hydrogens is 196 g/mol. The molecule has 0 aromatic carbocycles. The standard InChI is InChI=1S/C9H8N4S/c1-3-4-10-8-7-6(2)13-14-9(7)12-5-11-8/h1,5H,4H2,2H3,(H,10,11,12). The van der Waals surface area contributed by atoms with Crippen molar-refractivity contribution in [3.8, 4) is 12.3 Å². The third-order valence-corrected chi connectivity index (χ3v) is 2.65. The van der Waals surface area contributed by atoms with E-state index in [0.717, 1.165) is 21.7 Å². The van der Waals surface area contributed by atoms with Gasteiger partial charge in [-0.15, -0.1) is 6.42 Å². The van der Waals surface area contributed by atoms with Crippen molar-refractivity contribution in [2.75, 3.05) is 11.9 Å². The fourth-order valence-corrected chi connectivity index (χ4v) is 1.94. The Labute approximate surface area is 85.6 Å². The number of rotatable bonds is 2. The van der Waals surface area contributed by atoms with Gasteiger partial charge in [0, 0.05) is 0 Å². The second-order valence-corrected chi connectivity index (χ2v) is 3.48. The van der Waals surface area contributed by atoms with Crippen LogP contribution in [0.15, 0.2) is 6.33 Å². The van der Waals surface area contributed by atoms with Gasteiger partial charge in [0.1, 0.15) is 17.0 Å². The number of terminal acetylenes is 1. The van der Waals surface area contributed by atoms with E-state index < -0.39 is 0 Å². The highest BCUT2D eigenvalue weighted by Gasteiger charge is 2.08. The van der Waals surface area contributed by atoms with Crippen LogP contribution in [0.5, 0.6) is 0 Å². The first kappa shape index (κ1) is 8.91. The Kier molecular flexibility index (Phi) is 2.29. The van der Waals surface area contributed by atoms with Crippen LogP contribution >= 0.6 is 11.5 Å². The number of fused-ring (bicyclic) bond motifs is 1. The molecule has 14 heavy (non-hydrogen) atoms. The minimum atomic E-state index is 0.460. The van der Waals surface area contributed by atoms with Gasteiger partial charge < -0.3 is 5.32 Å². The van der Waals surface area contributed by atoms with Crippen molar-refractivity contribution in [1.29, 1.82) is 0 Å². The summed E-state index contributed by atoms with van der Waals surface area (Å²) in [5.41, 5.74) is 0.935. The maximum absolute atomic E-state index is 5.16. The summed E-state index contributed by atoms with van der Waals surface area (Å²) in [6.07, 6.45) is 6.68. The number of aryl methyl sites for hydroxylation is 1. The largest absolute Gasteiger partial charge is 0.358 e. The molecule has 0 spiro atoms. The molecule has 2 aromatic rings. The molecule has 0 fully saturated rings. The molecule has 1 N–H and O–H groups in total. The minimum Gasteiger partial charge on any atom is -0.358 e. The Morgan fingerprint density at radius 2 is 2.43 bits per heavy atom. The molecule has 0 saturated carbocycles. The molecule has 2 heterocycles. The van der Waals surface area contributed by atoms with E-state index in [9.17, 15) is 0 Å². The number of anilines is 1. The summed E-state index contributed by atoms with van der Waals surface area (Å²) in [4.78, 5) is 9.14. The Balaban J connectivity index is 2.53. The molecule has 0 saturated heterocycles. The van der Waals surface area contributed by atoms with Crippen LogP contribution in [-0.2, 0) is 0 Å². The number of nitrogens with one attached hydrogen (secondary N) is 1. The normalized spacial score (nSPS) is 10.0. The van der Waals surface area contributed by atoms with Crippen LogP contribution in [0.1, 0.15) is 5.69 Å². The van der Waals surface area contributed by atoms with Crippen molar-refractivity contribution >= 4 is 27.6 Å². The number of nitrogens with zero attached hydrogens (tertiary/aromatic N) is 3. The molecular formula is C9H8N4S. The molecule has 0 aliphatic rings. The molecule has 0 atom stereocenters. The second kappa shape index (κ2) is 3.60. The first-order valence-electron chi connectivity index (χ1n) is 4.07. The quantitative estimate of drug-likeness (QED) is 0.752. The fourth-order valence-electron chi connectivity index (χ4n) is 1.19. The average Bonchev–Trinajstić information content (AvgIpc) is 2.58. The Bertz CT molecular complexity index is 497. The summed E-state index contributed by atoms with van der Waals surface area (Å²) >= 11 is 1.37. The van der Waals surface area contributed by atoms with E-state index >= 15 is 0 Å². The number of aromatic nitrogens is 3. The van der Waals surface area contributed by atoms with Crippen LogP contribution < -0.4 is 5.32 Å². The SMILES string of the molecule is C#CCNc1ncnc2snc(C)c12. The van der Waals surface area contributed by atoms with E-state index in [1.165, 1.54) is 17.9 Å². The van der Waals surface area contributed by atoms with E-state index in [1.807, 2.05) is 6.92 Å². The lowest BCUT2D eigenvalue weighted by atomic mass is 10.3. The summed E-state index contributed by atoms with van der Waals surface area (Å²) in [7, 11) is 0. The molecule has 0 radical (unpaired) electrons. The number of hydrogen-bond donors (Lipinski definition) is 1. The topological polar surface area (TPSA) is 50.7 Å². The van der Waals surface area contributed by atoms with Gasteiger partial charge in [-0.1, -0.05) is 5.92 Å². The van der Waals surface area contributed by atoms with Crippen molar-refractivity contribution in [2.24, 2.45) is 0 Å². The monoisotopic (exact) mass is 204 g/mol. The smallest absolute Gasteiger partial charge is 0.149 e. The van der Waals surface area contributed by atoms with Gasteiger partial charge in [0.15, 0.2) is 0 Å². The zero-order valence-corrected chi connectivity index (χ0v) is 8.43. The van der Waals surface area contributed by atoms with Crippen molar-refractivity contribution in [2.45, 2.75) is 6.92 Å². The predicted molar refractivity (Wildman–Crippen MR) is 57.3 cm³/mol. The Morgan fingerprint density at radius 1 is 1.57 bits per heavy atom. The molecule has 0 unspecified atom stereocenters. The molecule has 5 heteroatoms. The Morgan fingerprint density at radius 3 is 3.21 bits per heavy atom. The lowest BCUT2D eigenvalue weighted by Gasteiger charge is -2.01. The molecule has 70 valence electrons. The highest BCUT2D eigenvalue weighted by molar-refractivity contribution is 7.13. The van der Waals surface area contributed by atoms with Crippen LogP contribution in [0.25, 0.3) is 10.2 Å². The summed E-state index contributed by atoms with van der Waals surface area (Å²) in [6.45, 7) is 2.39. The zero-order valence-electron chi connectivity index (χ0n) is 7.61. The first-order chi connectivity index (χ1) is 6.83. The minimum absolute atomic E-state index is 0.460. The highest BCUT2D eigenvalue weighted by atomic mass is 32.1. The lowest BCUT2D eigenvalue weighted by molar-refractivity contribution is 1.19. The summed E-state index contributed by atoms with van der Waals surface area (Å²) < 4.78 is 4.21. The summed E-state index contributed by atoms with van der Waals surface area (Å²) in [5, 5.41) is 4.01. The summed E-state index contributed by atoms with van der Waals surface area (Å²) in [6, 6.07) is 0. The lowest BCUT2D eigenvalue weighted by Crippen LogP contribution is -2.01.